The Balaban J connectivity index is 2.59. The van der Waals surface area contributed by atoms with Crippen LogP contribution in [-0.4, -0.2) is 17.3 Å². The van der Waals surface area contributed by atoms with Crippen molar-refractivity contribution in [1.29, 1.82) is 0 Å². The molecule has 0 unspecified atom stereocenters. The van der Waals surface area contributed by atoms with Gasteiger partial charge in [0.25, 0.3) is 0 Å². The van der Waals surface area contributed by atoms with Gasteiger partial charge >= 0.3 is 0 Å². The normalized spacial score (nSPS) is 15.9. The summed E-state index contributed by atoms with van der Waals surface area (Å²) in [4.78, 5) is 0. The summed E-state index contributed by atoms with van der Waals surface area (Å²) < 4.78 is 0. The van der Waals surface area contributed by atoms with Crippen LogP contribution in [0.1, 0.15) is 12.5 Å². The van der Waals surface area contributed by atoms with Gasteiger partial charge in [-0.3, -0.25) is 0 Å². The number of rotatable bonds is 3. The number of aliphatic hydroxyl groups excluding tert-OH is 1. The molecule has 2 nitrogen and oxygen atoms in total. The van der Waals surface area contributed by atoms with Gasteiger partial charge in [0.05, 0.1) is 6.10 Å². The number of aliphatic hydroxyl groups is 1. The van der Waals surface area contributed by atoms with Gasteiger partial charge in [0.2, 0.25) is 0 Å². The summed E-state index contributed by atoms with van der Waals surface area (Å²) in [7, 11) is 0. The van der Waals surface area contributed by atoms with Crippen LogP contribution in [-0.2, 0) is 0 Å². The number of nitrogens with two attached hydrogens (primary N) is 1. The zero-order valence-corrected chi connectivity index (χ0v) is 7.72. The standard InChI is InChI=1S/C11H15NO/c1-9(12)11(13)8-7-10-5-3-2-4-6-10/h2-9,11,13H,12H2,1H3/b8-7+/t9-,11+/m1/s1. The summed E-state index contributed by atoms with van der Waals surface area (Å²) in [6.45, 7) is 1.78. The van der Waals surface area contributed by atoms with Crippen molar-refractivity contribution in [2.45, 2.75) is 19.1 Å². The third-order valence-electron chi connectivity index (χ3n) is 1.82. The molecular weight excluding hydrogens is 162 g/mol. The molecule has 0 aromatic heterocycles. The summed E-state index contributed by atoms with van der Waals surface area (Å²) in [6.07, 6.45) is 3.01. The Morgan fingerprint density at radius 2 is 1.92 bits per heavy atom. The Morgan fingerprint density at radius 1 is 1.31 bits per heavy atom. The first-order valence-corrected chi connectivity index (χ1v) is 4.37. The van der Waals surface area contributed by atoms with Crippen LogP contribution in [0, 0.1) is 0 Å². The predicted molar refractivity (Wildman–Crippen MR) is 55.1 cm³/mol. The lowest BCUT2D eigenvalue weighted by Crippen LogP contribution is -2.29. The highest BCUT2D eigenvalue weighted by atomic mass is 16.3. The van der Waals surface area contributed by atoms with Crippen molar-refractivity contribution >= 4 is 6.08 Å². The van der Waals surface area contributed by atoms with Crippen molar-refractivity contribution in [3.8, 4) is 0 Å². The zero-order chi connectivity index (χ0) is 9.68. The third kappa shape index (κ3) is 3.40. The lowest BCUT2D eigenvalue weighted by molar-refractivity contribution is 0.199. The summed E-state index contributed by atoms with van der Waals surface area (Å²) in [6, 6.07) is 9.60. The van der Waals surface area contributed by atoms with E-state index in [1.54, 1.807) is 13.0 Å². The average Bonchev–Trinajstić information content (AvgIpc) is 2.15. The molecule has 0 aliphatic heterocycles. The largest absolute Gasteiger partial charge is 0.387 e. The van der Waals surface area contributed by atoms with Crippen molar-refractivity contribution in [1.82, 2.24) is 0 Å². The molecule has 1 aromatic rings. The molecule has 0 amide bonds. The molecule has 13 heavy (non-hydrogen) atoms. The summed E-state index contributed by atoms with van der Waals surface area (Å²) in [5, 5.41) is 9.38. The van der Waals surface area contributed by atoms with Crippen LogP contribution in [0.2, 0.25) is 0 Å². The summed E-state index contributed by atoms with van der Waals surface area (Å²) in [5.74, 6) is 0. The summed E-state index contributed by atoms with van der Waals surface area (Å²) >= 11 is 0. The third-order valence-corrected chi connectivity index (χ3v) is 1.82. The topological polar surface area (TPSA) is 46.2 Å². The Morgan fingerprint density at radius 3 is 2.46 bits per heavy atom. The van der Waals surface area contributed by atoms with E-state index in [0.29, 0.717) is 0 Å². The van der Waals surface area contributed by atoms with E-state index < -0.39 is 6.10 Å². The van der Waals surface area contributed by atoms with Gasteiger partial charge in [0, 0.05) is 6.04 Å². The smallest absolute Gasteiger partial charge is 0.0872 e. The van der Waals surface area contributed by atoms with Crippen molar-refractivity contribution in [3.05, 3.63) is 42.0 Å². The Bertz CT molecular complexity index is 267. The van der Waals surface area contributed by atoms with Crippen LogP contribution < -0.4 is 5.73 Å². The maximum absolute atomic E-state index is 9.38. The molecule has 0 aliphatic rings. The van der Waals surface area contributed by atoms with Gasteiger partial charge in [-0.25, -0.2) is 0 Å². The minimum absolute atomic E-state index is 0.222. The summed E-state index contributed by atoms with van der Waals surface area (Å²) in [5.41, 5.74) is 6.57. The first-order chi connectivity index (χ1) is 6.20. The average molecular weight is 177 g/mol. The van der Waals surface area contributed by atoms with Crippen LogP contribution in [0.4, 0.5) is 0 Å². The molecule has 1 aromatic carbocycles. The SMILES string of the molecule is C[C@@H](N)[C@@H](O)/C=C/c1ccccc1. The van der Waals surface area contributed by atoms with Gasteiger partial charge in [-0.05, 0) is 12.5 Å². The molecule has 0 saturated heterocycles. The predicted octanol–water partition coefficient (Wildman–Crippen LogP) is 1.41. The van der Waals surface area contributed by atoms with E-state index in [0.717, 1.165) is 5.56 Å². The molecule has 0 heterocycles. The van der Waals surface area contributed by atoms with Crippen molar-refractivity contribution in [3.63, 3.8) is 0 Å². The molecule has 0 fully saturated rings. The molecule has 0 spiro atoms. The van der Waals surface area contributed by atoms with Gasteiger partial charge in [0.15, 0.2) is 0 Å². The molecule has 0 saturated carbocycles. The zero-order valence-electron chi connectivity index (χ0n) is 7.72. The second-order valence-electron chi connectivity index (χ2n) is 3.12. The van der Waals surface area contributed by atoms with E-state index in [1.807, 2.05) is 36.4 Å². The van der Waals surface area contributed by atoms with Crippen LogP contribution >= 0.6 is 0 Å². The highest BCUT2D eigenvalue weighted by molar-refractivity contribution is 5.49. The Hall–Kier alpha value is -1.12. The van der Waals surface area contributed by atoms with Gasteiger partial charge in [-0.15, -0.1) is 0 Å². The van der Waals surface area contributed by atoms with Crippen LogP contribution in [0.25, 0.3) is 6.08 Å². The molecule has 0 bridgehead atoms. The molecule has 0 radical (unpaired) electrons. The molecule has 0 aliphatic carbocycles. The van der Waals surface area contributed by atoms with Crippen molar-refractivity contribution in [2.75, 3.05) is 0 Å². The van der Waals surface area contributed by atoms with Crippen molar-refractivity contribution < 1.29 is 5.11 Å². The van der Waals surface area contributed by atoms with Crippen molar-refractivity contribution in [2.24, 2.45) is 5.73 Å². The fourth-order valence-electron chi connectivity index (χ4n) is 0.949. The molecule has 2 heteroatoms. The van der Waals surface area contributed by atoms with E-state index in [9.17, 15) is 5.11 Å². The first kappa shape index (κ1) is 9.96. The highest BCUT2D eigenvalue weighted by Gasteiger charge is 2.03. The quantitative estimate of drug-likeness (QED) is 0.733. The number of benzene rings is 1. The fraction of sp³-hybridized carbons (Fsp3) is 0.273. The van der Waals surface area contributed by atoms with E-state index in [2.05, 4.69) is 0 Å². The minimum Gasteiger partial charge on any atom is -0.387 e. The monoisotopic (exact) mass is 177 g/mol. The van der Waals surface area contributed by atoms with Gasteiger partial charge in [0.1, 0.15) is 0 Å². The first-order valence-electron chi connectivity index (χ1n) is 4.37. The second-order valence-corrected chi connectivity index (χ2v) is 3.12. The van der Waals surface area contributed by atoms with Crippen LogP contribution in [0.5, 0.6) is 0 Å². The molecule has 1 rings (SSSR count). The lowest BCUT2D eigenvalue weighted by atomic mass is 10.1. The van der Waals surface area contributed by atoms with Gasteiger partial charge < -0.3 is 10.8 Å². The van der Waals surface area contributed by atoms with Gasteiger partial charge in [-0.2, -0.15) is 0 Å². The number of hydrogen-bond donors (Lipinski definition) is 2. The maximum atomic E-state index is 9.38. The molecule has 3 N–H and O–H groups in total. The number of hydrogen-bond acceptors (Lipinski definition) is 2. The molecular formula is C11H15NO. The highest BCUT2D eigenvalue weighted by Crippen LogP contribution is 2.02. The van der Waals surface area contributed by atoms with Crippen LogP contribution in [0.15, 0.2) is 36.4 Å². The minimum atomic E-state index is -0.569. The fourth-order valence-corrected chi connectivity index (χ4v) is 0.949. The van der Waals surface area contributed by atoms with E-state index in [1.165, 1.54) is 0 Å². The second kappa shape index (κ2) is 4.80. The van der Waals surface area contributed by atoms with Crippen LogP contribution in [0.3, 0.4) is 0 Å². The Labute approximate surface area is 78.7 Å². The molecule has 2 atom stereocenters. The lowest BCUT2D eigenvalue weighted by Gasteiger charge is -2.08. The van der Waals surface area contributed by atoms with E-state index in [-0.39, 0.29) is 6.04 Å². The Kier molecular flexibility index (Phi) is 3.68. The van der Waals surface area contributed by atoms with E-state index in [4.69, 9.17) is 5.73 Å². The van der Waals surface area contributed by atoms with Gasteiger partial charge in [-0.1, -0.05) is 42.5 Å². The van der Waals surface area contributed by atoms with E-state index >= 15 is 0 Å². The molecule has 70 valence electrons. The maximum Gasteiger partial charge on any atom is 0.0872 e.